The fourth-order valence-corrected chi connectivity index (χ4v) is 5.37. The Hall–Kier alpha value is -2.77. The van der Waals surface area contributed by atoms with Gasteiger partial charge in [0.1, 0.15) is 17.2 Å². The van der Waals surface area contributed by atoms with E-state index in [2.05, 4.69) is 0 Å². The predicted octanol–water partition coefficient (Wildman–Crippen LogP) is 5.41. The number of nitrogens with zero attached hydrogens (tertiary/aromatic N) is 1. The summed E-state index contributed by atoms with van der Waals surface area (Å²) in [5, 5.41) is 20.6. The van der Waals surface area contributed by atoms with Crippen LogP contribution in [0.15, 0.2) is 46.2 Å². The molecule has 0 spiro atoms. The molecule has 0 aliphatic carbocycles. The number of rotatable bonds is 8. The van der Waals surface area contributed by atoms with E-state index in [1.165, 1.54) is 6.07 Å². The van der Waals surface area contributed by atoms with Crippen molar-refractivity contribution in [3.05, 3.63) is 69.5 Å². The zero-order valence-electron chi connectivity index (χ0n) is 18.4. The number of aromatic carboxylic acids is 1. The quantitative estimate of drug-likeness (QED) is 0.425. The lowest BCUT2D eigenvalue weighted by atomic mass is 10.1. The molecule has 1 unspecified atom stereocenters. The van der Waals surface area contributed by atoms with E-state index in [1.807, 2.05) is 26.0 Å². The van der Waals surface area contributed by atoms with Gasteiger partial charge in [0, 0.05) is 17.3 Å². The maximum Gasteiger partial charge on any atom is 0.352 e. The van der Waals surface area contributed by atoms with Crippen LogP contribution in [0.5, 0.6) is 11.5 Å². The fraction of sp³-hybridized carbons (Fsp3) is 0.292. The van der Waals surface area contributed by atoms with Gasteiger partial charge in [-0.2, -0.15) is 0 Å². The second kappa shape index (κ2) is 9.79. The number of aromatic nitrogens is 1. The topological polar surface area (TPSA) is 88.8 Å². The molecule has 6 nitrogen and oxygen atoms in total. The van der Waals surface area contributed by atoms with Crippen molar-refractivity contribution >= 4 is 28.4 Å². The Morgan fingerprint density at radius 3 is 2.34 bits per heavy atom. The van der Waals surface area contributed by atoms with E-state index in [0.29, 0.717) is 46.5 Å². The van der Waals surface area contributed by atoms with Crippen LogP contribution in [-0.2, 0) is 17.3 Å². The maximum atomic E-state index is 13.2. The molecular weight excluding hydrogens is 450 g/mol. The summed E-state index contributed by atoms with van der Waals surface area (Å²) in [5.74, 6) is -0.461. The maximum absolute atomic E-state index is 13.2. The first-order valence-corrected chi connectivity index (χ1v) is 11.7. The van der Waals surface area contributed by atoms with Gasteiger partial charge in [-0.25, -0.2) is 9.00 Å². The van der Waals surface area contributed by atoms with Crippen LogP contribution in [0.25, 0.3) is 0 Å². The van der Waals surface area contributed by atoms with E-state index in [-0.39, 0.29) is 16.3 Å². The van der Waals surface area contributed by atoms with Crippen LogP contribution >= 0.6 is 11.6 Å². The Kier molecular flexibility index (Phi) is 7.31. The van der Waals surface area contributed by atoms with Crippen molar-refractivity contribution in [2.75, 3.05) is 6.61 Å². The number of halogens is 1. The molecule has 0 bridgehead atoms. The smallest absolute Gasteiger partial charge is 0.352 e. The molecule has 2 N–H and O–H groups in total. The first-order valence-electron chi connectivity index (χ1n) is 10.2. The van der Waals surface area contributed by atoms with Gasteiger partial charge in [-0.3, -0.25) is 0 Å². The van der Waals surface area contributed by atoms with Gasteiger partial charge in [0.15, 0.2) is 0 Å². The number of aromatic hydroxyl groups is 1. The summed E-state index contributed by atoms with van der Waals surface area (Å²) in [4.78, 5) is 12.6. The van der Waals surface area contributed by atoms with Gasteiger partial charge in [-0.05, 0) is 75.1 Å². The molecule has 0 aliphatic rings. The Morgan fingerprint density at radius 1 is 1.12 bits per heavy atom. The van der Waals surface area contributed by atoms with Gasteiger partial charge < -0.3 is 19.5 Å². The van der Waals surface area contributed by atoms with Crippen LogP contribution in [-0.4, -0.2) is 31.6 Å². The Morgan fingerprint density at radius 2 is 1.75 bits per heavy atom. The summed E-state index contributed by atoms with van der Waals surface area (Å²) in [6, 6.07) is 10.1. The summed E-state index contributed by atoms with van der Waals surface area (Å²) in [5.41, 5.74) is 2.99. The Bertz CT molecular complexity index is 1180. The van der Waals surface area contributed by atoms with E-state index in [0.717, 1.165) is 11.1 Å². The molecule has 1 heterocycles. The van der Waals surface area contributed by atoms with Crippen molar-refractivity contribution in [1.82, 2.24) is 4.57 Å². The van der Waals surface area contributed by atoms with Crippen molar-refractivity contribution in [1.29, 1.82) is 0 Å². The number of para-hydroxylation sites is 1. The molecule has 2 aromatic carbocycles. The minimum absolute atomic E-state index is 0.0868. The van der Waals surface area contributed by atoms with Crippen LogP contribution in [0, 0.1) is 27.7 Å². The van der Waals surface area contributed by atoms with E-state index < -0.39 is 16.8 Å². The van der Waals surface area contributed by atoms with Gasteiger partial charge in [-0.1, -0.05) is 23.7 Å². The first-order chi connectivity index (χ1) is 15.1. The van der Waals surface area contributed by atoms with Crippen molar-refractivity contribution in [3.63, 3.8) is 0 Å². The lowest BCUT2D eigenvalue weighted by Gasteiger charge is -2.12. The van der Waals surface area contributed by atoms with E-state index in [1.54, 1.807) is 36.6 Å². The molecule has 0 saturated carbocycles. The molecule has 0 fully saturated rings. The van der Waals surface area contributed by atoms with Crippen molar-refractivity contribution in [2.24, 2.45) is 0 Å². The number of carboxylic acids is 1. The molecule has 32 heavy (non-hydrogen) atoms. The average Bonchev–Trinajstić information content (AvgIpc) is 2.98. The van der Waals surface area contributed by atoms with Gasteiger partial charge in [0.25, 0.3) is 0 Å². The highest BCUT2D eigenvalue weighted by molar-refractivity contribution is 7.85. The SMILES string of the molecule is Cc1cc(OCCCn2c(C)c(S(=O)c3ccccc3O)c(C)c2C(=O)O)cc(C)c1Cl. The highest BCUT2D eigenvalue weighted by Crippen LogP contribution is 2.32. The normalized spacial score (nSPS) is 12.0. The average molecular weight is 476 g/mol. The first kappa shape index (κ1) is 23.9. The van der Waals surface area contributed by atoms with Crippen LogP contribution < -0.4 is 4.74 Å². The van der Waals surface area contributed by atoms with Crippen LogP contribution in [0.2, 0.25) is 5.02 Å². The number of hydrogen-bond donors (Lipinski definition) is 2. The second-order valence-corrected chi connectivity index (χ2v) is 9.42. The Balaban J connectivity index is 1.82. The number of carboxylic acid groups (broad SMARTS) is 1. The van der Waals surface area contributed by atoms with E-state index in [4.69, 9.17) is 16.3 Å². The minimum Gasteiger partial charge on any atom is -0.507 e. The monoisotopic (exact) mass is 475 g/mol. The lowest BCUT2D eigenvalue weighted by Crippen LogP contribution is -2.13. The summed E-state index contributed by atoms with van der Waals surface area (Å²) < 4.78 is 20.7. The van der Waals surface area contributed by atoms with Crippen molar-refractivity contribution in [2.45, 2.75) is 50.5 Å². The molecule has 0 radical (unpaired) electrons. The molecule has 0 aliphatic heterocycles. The largest absolute Gasteiger partial charge is 0.507 e. The molecule has 170 valence electrons. The predicted molar refractivity (Wildman–Crippen MR) is 125 cm³/mol. The summed E-state index contributed by atoms with van der Waals surface area (Å²) in [6.45, 7) is 8.00. The van der Waals surface area contributed by atoms with Gasteiger partial charge >= 0.3 is 5.97 Å². The van der Waals surface area contributed by atoms with Gasteiger partial charge in [-0.15, -0.1) is 0 Å². The number of phenols is 1. The number of carbonyl (C=O) groups is 1. The van der Waals surface area contributed by atoms with Crippen molar-refractivity contribution in [3.8, 4) is 11.5 Å². The highest BCUT2D eigenvalue weighted by atomic mass is 35.5. The molecule has 1 aromatic heterocycles. The number of phenolic OH excluding ortho intramolecular Hbond substituents is 1. The molecular formula is C24H26ClNO5S. The molecule has 1 atom stereocenters. The molecule has 8 heteroatoms. The number of benzene rings is 2. The minimum atomic E-state index is -1.71. The van der Waals surface area contributed by atoms with Gasteiger partial charge in [0.2, 0.25) is 0 Å². The third kappa shape index (κ3) is 4.69. The third-order valence-corrected chi connectivity index (χ3v) is 7.67. The highest BCUT2D eigenvalue weighted by Gasteiger charge is 2.27. The summed E-state index contributed by atoms with van der Waals surface area (Å²) in [6.07, 6.45) is 0.554. The summed E-state index contributed by atoms with van der Waals surface area (Å²) in [7, 11) is -1.71. The van der Waals surface area contributed by atoms with Crippen LogP contribution in [0.1, 0.15) is 39.3 Å². The number of ether oxygens (including phenoxy) is 1. The zero-order valence-corrected chi connectivity index (χ0v) is 20.0. The lowest BCUT2D eigenvalue weighted by molar-refractivity contribution is 0.0683. The molecule has 3 aromatic rings. The fourth-order valence-electron chi connectivity index (χ4n) is 3.83. The molecule has 0 saturated heterocycles. The van der Waals surface area contributed by atoms with Crippen LogP contribution in [0.3, 0.4) is 0 Å². The third-order valence-electron chi connectivity index (χ3n) is 5.36. The summed E-state index contributed by atoms with van der Waals surface area (Å²) >= 11 is 6.20. The molecule has 3 rings (SSSR count). The van der Waals surface area contributed by atoms with E-state index in [9.17, 15) is 19.2 Å². The number of aryl methyl sites for hydroxylation is 2. The molecule has 0 amide bonds. The second-order valence-electron chi connectivity index (χ2n) is 7.65. The van der Waals surface area contributed by atoms with Crippen LogP contribution in [0.4, 0.5) is 0 Å². The zero-order chi connectivity index (χ0) is 23.6. The van der Waals surface area contributed by atoms with Crippen molar-refractivity contribution < 1.29 is 24.0 Å². The van der Waals surface area contributed by atoms with E-state index >= 15 is 0 Å². The Labute approximate surface area is 194 Å². The van der Waals surface area contributed by atoms with Gasteiger partial charge in [0.05, 0.1) is 27.2 Å². The standard InChI is InChI=1S/C24H26ClNO5S/c1-14-12-18(13-15(2)21(14)25)31-11-7-10-26-17(4)23(16(3)22(26)24(28)29)32(30)20-9-6-5-8-19(20)27/h5-6,8-9,12-13,27H,7,10-11H2,1-4H3,(H,28,29). The number of hydrogen-bond acceptors (Lipinski definition) is 4.